The Hall–Kier alpha value is -0.270. The largest absolute Gasteiger partial charge is 1.00 e. The fraction of sp³-hybridized carbons (Fsp3) is 0.211. The standard InChI is InChI=1S/C12H11NP.C7H9.2ClH.Hf/c1-2-5-11-9-12(8-10(11)4-1)14-7-3-6-13-14;1-6-4-3-5-7(6)2;;;/h1-9,13-14H;4H,3H2,1-2H3;2*1H;/q;;;;+2/p-2. The van der Waals surface area contributed by atoms with Gasteiger partial charge in [-0.05, 0) is 0 Å². The van der Waals surface area contributed by atoms with Crippen LogP contribution in [0.25, 0.3) is 6.08 Å². The van der Waals surface area contributed by atoms with Crippen molar-refractivity contribution in [2.45, 2.75) is 23.9 Å². The smallest absolute Gasteiger partial charge is 1.00 e. The van der Waals surface area contributed by atoms with Crippen molar-refractivity contribution in [3.8, 4) is 0 Å². The Morgan fingerprint density at radius 2 is 1.96 bits per heavy atom. The second-order valence-corrected chi connectivity index (χ2v) is 13.4. The van der Waals surface area contributed by atoms with Gasteiger partial charge in [-0.3, -0.25) is 0 Å². The van der Waals surface area contributed by atoms with Gasteiger partial charge >= 0.3 is 145 Å². The Morgan fingerprint density at radius 1 is 1.17 bits per heavy atom. The predicted molar refractivity (Wildman–Crippen MR) is 94.9 cm³/mol. The predicted octanol–water partition coefficient (Wildman–Crippen LogP) is -1.15. The van der Waals surface area contributed by atoms with E-state index in [1.54, 1.807) is 16.5 Å². The molecule has 0 saturated heterocycles. The molecule has 0 saturated carbocycles. The third kappa shape index (κ3) is 3.63. The maximum absolute atomic E-state index is 3.61. The number of nitrogens with one attached hydrogen (secondary N) is 1. The summed E-state index contributed by atoms with van der Waals surface area (Å²) in [5, 5.41) is 5.31. The van der Waals surface area contributed by atoms with Crippen molar-refractivity contribution < 1.29 is 47.7 Å². The fourth-order valence-corrected chi connectivity index (χ4v) is 13.3. The molecule has 0 aromatic heterocycles. The van der Waals surface area contributed by atoms with Crippen molar-refractivity contribution in [1.82, 2.24) is 5.09 Å². The van der Waals surface area contributed by atoms with Gasteiger partial charge in [0.2, 0.25) is 0 Å². The molecule has 5 heteroatoms. The molecular formula is C19H20Cl2HfNP. The van der Waals surface area contributed by atoms with Crippen LogP contribution >= 0.6 is 7.70 Å². The Balaban J connectivity index is 0.00000104. The van der Waals surface area contributed by atoms with Gasteiger partial charge in [0.1, 0.15) is 0 Å². The molecule has 1 N–H and O–H groups in total. The molecule has 1 aromatic rings. The molecule has 0 bridgehead atoms. The van der Waals surface area contributed by atoms with Crippen LogP contribution in [-0.2, 0) is 22.9 Å². The van der Waals surface area contributed by atoms with Crippen LogP contribution in [0.5, 0.6) is 0 Å². The second kappa shape index (κ2) is 8.41. The first kappa shape index (κ1) is 20.0. The Bertz CT molecular complexity index is 805. The van der Waals surface area contributed by atoms with E-state index in [9.17, 15) is 0 Å². The number of benzene rings is 1. The molecule has 24 heavy (non-hydrogen) atoms. The molecule has 4 rings (SSSR count). The molecule has 0 fully saturated rings. The zero-order valence-corrected chi connectivity index (χ0v) is 19.8. The average molecular weight is 543 g/mol. The van der Waals surface area contributed by atoms with E-state index >= 15 is 0 Å². The summed E-state index contributed by atoms with van der Waals surface area (Å²) in [6.07, 6.45) is 10.5. The molecule has 0 amide bonds. The van der Waals surface area contributed by atoms with Crippen LogP contribution in [0, 0.1) is 0 Å². The molecule has 1 heterocycles. The number of hydrogen-bond donors (Lipinski definition) is 1. The van der Waals surface area contributed by atoms with E-state index in [-0.39, 0.29) is 24.8 Å². The minimum absolute atomic E-state index is 0. The first-order valence-electron chi connectivity index (χ1n) is 7.82. The van der Waals surface area contributed by atoms with Gasteiger partial charge in [-0.2, -0.15) is 0 Å². The van der Waals surface area contributed by atoms with Crippen molar-refractivity contribution in [2.24, 2.45) is 0 Å². The Kier molecular flexibility index (Phi) is 7.02. The quantitative estimate of drug-likeness (QED) is 0.376. The van der Waals surface area contributed by atoms with Gasteiger partial charge in [0.05, 0.1) is 0 Å². The summed E-state index contributed by atoms with van der Waals surface area (Å²) < 4.78 is 2.57. The third-order valence-corrected chi connectivity index (χ3v) is 14.5. The zero-order chi connectivity index (χ0) is 15.1. The first-order valence-corrected chi connectivity index (χ1v) is 13.3. The van der Waals surface area contributed by atoms with Crippen molar-refractivity contribution in [2.75, 3.05) is 0 Å². The SMILES string of the molecule is CC1=CC[C]([Hf+2][CH]2C([PH]3=CC=CN3)=Cc3ccccc32)=C1C.[Cl-].[Cl-]. The summed E-state index contributed by atoms with van der Waals surface area (Å²) in [6.45, 7) is 4.61. The third-order valence-electron chi connectivity index (χ3n) is 4.81. The molecule has 2 atom stereocenters. The number of rotatable bonds is 3. The van der Waals surface area contributed by atoms with Crippen molar-refractivity contribution in [3.05, 3.63) is 73.5 Å². The maximum Gasteiger partial charge on any atom is -1.00 e. The molecular weight excluding hydrogens is 523 g/mol. The van der Waals surface area contributed by atoms with Gasteiger partial charge in [0, 0.05) is 0 Å². The number of hydrogen-bond acceptors (Lipinski definition) is 1. The van der Waals surface area contributed by atoms with Crippen LogP contribution in [0.15, 0.2) is 62.4 Å². The minimum atomic E-state index is -0.900. The average Bonchev–Trinajstić information content (AvgIpc) is 3.23. The number of fused-ring (bicyclic) bond motifs is 1. The van der Waals surface area contributed by atoms with E-state index in [1.165, 1.54) is 17.6 Å². The van der Waals surface area contributed by atoms with Crippen LogP contribution in [0.1, 0.15) is 35.1 Å². The Labute approximate surface area is 169 Å². The number of allylic oxidation sites excluding steroid dienone is 6. The molecule has 2 unspecified atom stereocenters. The van der Waals surface area contributed by atoms with E-state index in [0.717, 1.165) is 3.67 Å². The van der Waals surface area contributed by atoms with Crippen molar-refractivity contribution in [1.29, 1.82) is 0 Å². The molecule has 124 valence electrons. The van der Waals surface area contributed by atoms with E-state index in [1.807, 2.05) is 3.33 Å². The van der Waals surface area contributed by atoms with E-state index < -0.39 is 30.6 Å². The van der Waals surface area contributed by atoms with Crippen molar-refractivity contribution in [3.63, 3.8) is 0 Å². The maximum atomic E-state index is 3.61. The van der Waals surface area contributed by atoms with Gasteiger partial charge in [0.15, 0.2) is 0 Å². The summed E-state index contributed by atoms with van der Waals surface area (Å²) in [7, 11) is -0.692. The fourth-order valence-electron chi connectivity index (χ4n) is 3.36. The monoisotopic (exact) mass is 543 g/mol. The topological polar surface area (TPSA) is 12.0 Å². The molecule has 1 nitrogen and oxygen atoms in total. The second-order valence-electron chi connectivity index (χ2n) is 6.08. The number of halogens is 2. The van der Waals surface area contributed by atoms with Gasteiger partial charge < -0.3 is 24.8 Å². The van der Waals surface area contributed by atoms with Crippen LogP contribution in [0.2, 0.25) is 0 Å². The van der Waals surface area contributed by atoms with Gasteiger partial charge in [-0.25, -0.2) is 0 Å². The van der Waals surface area contributed by atoms with Crippen LogP contribution in [0.4, 0.5) is 0 Å². The van der Waals surface area contributed by atoms with Gasteiger partial charge in [0.25, 0.3) is 0 Å². The van der Waals surface area contributed by atoms with E-state index in [2.05, 4.69) is 73.4 Å². The molecule has 1 aliphatic heterocycles. The Morgan fingerprint density at radius 3 is 2.62 bits per heavy atom. The van der Waals surface area contributed by atoms with Crippen LogP contribution in [-0.4, -0.2) is 5.80 Å². The van der Waals surface area contributed by atoms with Crippen LogP contribution < -0.4 is 29.9 Å². The molecule has 0 spiro atoms. The molecule has 2 aliphatic carbocycles. The summed E-state index contributed by atoms with van der Waals surface area (Å²) in [4.78, 5) is 0. The first-order chi connectivity index (χ1) is 10.7. The summed E-state index contributed by atoms with van der Waals surface area (Å²) in [5.41, 5.74) is 6.19. The molecule has 3 aliphatic rings. The van der Waals surface area contributed by atoms with E-state index in [4.69, 9.17) is 0 Å². The summed E-state index contributed by atoms with van der Waals surface area (Å²) in [6, 6.07) is 9.05. The van der Waals surface area contributed by atoms with Crippen LogP contribution in [0.3, 0.4) is 0 Å². The van der Waals surface area contributed by atoms with Gasteiger partial charge in [-0.1, -0.05) is 0 Å². The minimum Gasteiger partial charge on any atom is -1.00 e. The zero-order valence-electron chi connectivity index (χ0n) is 13.7. The molecule has 1 aromatic carbocycles. The summed E-state index contributed by atoms with van der Waals surface area (Å²) >= 11 is -0.900. The van der Waals surface area contributed by atoms with E-state index in [0.29, 0.717) is 0 Å². The summed E-state index contributed by atoms with van der Waals surface area (Å²) in [5.74, 6) is 2.40. The van der Waals surface area contributed by atoms with Gasteiger partial charge in [-0.15, -0.1) is 0 Å². The normalized spacial score (nSPS) is 23.2. The molecule has 0 radical (unpaired) electrons. The van der Waals surface area contributed by atoms with Crippen molar-refractivity contribution >= 4 is 19.6 Å².